The summed E-state index contributed by atoms with van der Waals surface area (Å²) in [5, 5.41) is 12.0. The van der Waals surface area contributed by atoms with Gasteiger partial charge in [0.15, 0.2) is 0 Å². The normalized spacial score (nSPS) is 40.8. The Balaban J connectivity index is 2.00. The second-order valence-corrected chi connectivity index (χ2v) is 3.54. The van der Waals surface area contributed by atoms with Crippen molar-refractivity contribution in [1.29, 1.82) is 0 Å². The van der Waals surface area contributed by atoms with Crippen LogP contribution in [0.25, 0.3) is 0 Å². The van der Waals surface area contributed by atoms with E-state index in [4.69, 9.17) is 9.84 Å². The Morgan fingerprint density at radius 1 is 1.33 bits per heavy atom. The number of rotatable bonds is 1. The molecule has 3 atom stereocenters. The lowest BCUT2D eigenvalue weighted by molar-refractivity contribution is -0.153. The van der Waals surface area contributed by atoms with E-state index < -0.39 is 5.97 Å². The molecule has 4 nitrogen and oxygen atoms in total. The highest BCUT2D eigenvalue weighted by atomic mass is 16.5. The summed E-state index contributed by atoms with van der Waals surface area (Å²) in [4.78, 5) is 10.7. The van der Waals surface area contributed by atoms with Crippen molar-refractivity contribution in [2.45, 2.75) is 25.0 Å². The van der Waals surface area contributed by atoms with Gasteiger partial charge in [-0.15, -0.1) is 0 Å². The van der Waals surface area contributed by atoms with Crippen LogP contribution in [-0.4, -0.2) is 36.4 Å². The summed E-state index contributed by atoms with van der Waals surface area (Å²) >= 11 is 0. The molecule has 4 heteroatoms. The number of hydrogen-bond acceptors (Lipinski definition) is 3. The predicted octanol–water partition coefficient (Wildman–Crippen LogP) is -0.162. The number of fused-ring (bicyclic) bond motifs is 2. The molecule has 68 valence electrons. The van der Waals surface area contributed by atoms with Gasteiger partial charge in [0.25, 0.3) is 0 Å². The average Bonchev–Trinajstić information content (AvgIpc) is 2.03. The molecule has 0 amide bonds. The smallest absolute Gasteiger partial charge is 0.306 e. The number of hydrogen-bond donors (Lipinski definition) is 2. The zero-order valence-corrected chi connectivity index (χ0v) is 6.82. The summed E-state index contributed by atoms with van der Waals surface area (Å²) in [5.74, 6) is -0.856. The van der Waals surface area contributed by atoms with E-state index in [1.165, 1.54) is 0 Å². The molecule has 0 aromatic carbocycles. The number of ether oxygens (including phenoxy) is 1. The molecule has 1 unspecified atom stereocenters. The van der Waals surface area contributed by atoms with E-state index in [9.17, 15) is 4.79 Å². The van der Waals surface area contributed by atoms with Gasteiger partial charge in [-0.25, -0.2) is 0 Å². The lowest BCUT2D eigenvalue weighted by Gasteiger charge is -2.38. The first-order valence-corrected chi connectivity index (χ1v) is 4.34. The van der Waals surface area contributed by atoms with Crippen LogP contribution in [0.5, 0.6) is 0 Å². The molecule has 2 N–H and O–H groups in total. The first kappa shape index (κ1) is 8.01. The monoisotopic (exact) mass is 171 g/mol. The lowest BCUT2D eigenvalue weighted by Crippen LogP contribution is -2.50. The maximum atomic E-state index is 10.7. The Hall–Kier alpha value is -0.610. The molecule has 2 bridgehead atoms. The maximum absolute atomic E-state index is 10.7. The van der Waals surface area contributed by atoms with Crippen LogP contribution in [0, 0.1) is 5.92 Å². The molecule has 0 aromatic heterocycles. The molecule has 2 aliphatic rings. The molecule has 2 saturated heterocycles. The summed E-state index contributed by atoms with van der Waals surface area (Å²) in [6.45, 7) is 1.61. The van der Waals surface area contributed by atoms with Gasteiger partial charge in [-0.1, -0.05) is 0 Å². The molecule has 0 aliphatic carbocycles. The van der Waals surface area contributed by atoms with Gasteiger partial charge < -0.3 is 15.2 Å². The molecule has 2 rings (SSSR count). The minimum absolute atomic E-state index is 0.124. The summed E-state index contributed by atoms with van der Waals surface area (Å²) in [6.07, 6.45) is 1.58. The Morgan fingerprint density at radius 2 is 1.92 bits per heavy atom. The largest absolute Gasteiger partial charge is 0.481 e. The topological polar surface area (TPSA) is 58.6 Å². The molecule has 2 fully saturated rings. The van der Waals surface area contributed by atoms with Crippen LogP contribution >= 0.6 is 0 Å². The summed E-state index contributed by atoms with van der Waals surface area (Å²) in [5.41, 5.74) is 0. The van der Waals surface area contributed by atoms with E-state index in [-0.39, 0.29) is 18.1 Å². The molecular weight excluding hydrogens is 158 g/mol. The van der Waals surface area contributed by atoms with Crippen molar-refractivity contribution in [3.05, 3.63) is 0 Å². The zero-order chi connectivity index (χ0) is 8.55. The van der Waals surface area contributed by atoms with Gasteiger partial charge in [-0.2, -0.15) is 0 Å². The fourth-order valence-electron chi connectivity index (χ4n) is 1.98. The number of nitrogens with one attached hydrogen (secondary N) is 1. The van der Waals surface area contributed by atoms with E-state index in [0.717, 1.165) is 13.1 Å². The summed E-state index contributed by atoms with van der Waals surface area (Å²) in [6, 6.07) is 0. The first-order valence-electron chi connectivity index (χ1n) is 4.34. The number of aliphatic carboxylic acids is 1. The molecule has 2 heterocycles. The third-order valence-electron chi connectivity index (χ3n) is 2.57. The van der Waals surface area contributed by atoms with Gasteiger partial charge in [0.1, 0.15) is 0 Å². The Kier molecular flexibility index (Phi) is 2.02. The number of carbonyl (C=O) groups is 1. The van der Waals surface area contributed by atoms with Crippen molar-refractivity contribution >= 4 is 5.97 Å². The van der Waals surface area contributed by atoms with E-state index in [2.05, 4.69) is 5.32 Å². The van der Waals surface area contributed by atoms with Crippen molar-refractivity contribution in [2.24, 2.45) is 5.92 Å². The molecule has 0 spiro atoms. The molecular formula is C8H13NO3. The minimum atomic E-state index is -0.671. The van der Waals surface area contributed by atoms with Crippen LogP contribution in [0.1, 0.15) is 12.8 Å². The maximum Gasteiger partial charge on any atom is 0.306 e. The molecule has 0 saturated carbocycles. The minimum Gasteiger partial charge on any atom is -0.481 e. The van der Waals surface area contributed by atoms with E-state index in [1.54, 1.807) is 0 Å². The molecule has 0 radical (unpaired) electrons. The van der Waals surface area contributed by atoms with Crippen LogP contribution in [-0.2, 0) is 9.53 Å². The predicted molar refractivity (Wildman–Crippen MR) is 41.9 cm³/mol. The van der Waals surface area contributed by atoms with Gasteiger partial charge >= 0.3 is 5.97 Å². The Bertz CT molecular complexity index is 183. The summed E-state index contributed by atoms with van der Waals surface area (Å²) in [7, 11) is 0. The highest BCUT2D eigenvalue weighted by Crippen LogP contribution is 2.26. The fraction of sp³-hybridized carbons (Fsp3) is 0.875. The Morgan fingerprint density at radius 3 is 2.42 bits per heavy atom. The van der Waals surface area contributed by atoms with Gasteiger partial charge in [-0.05, 0) is 12.8 Å². The van der Waals surface area contributed by atoms with Crippen LogP contribution in [0.3, 0.4) is 0 Å². The third-order valence-corrected chi connectivity index (χ3v) is 2.57. The number of carboxylic acid groups (broad SMARTS) is 1. The number of morpholine rings is 1. The third kappa shape index (κ3) is 1.44. The molecule has 2 aliphatic heterocycles. The summed E-state index contributed by atoms with van der Waals surface area (Å²) < 4.78 is 5.58. The van der Waals surface area contributed by atoms with Crippen molar-refractivity contribution in [3.63, 3.8) is 0 Å². The average molecular weight is 171 g/mol. The van der Waals surface area contributed by atoms with Crippen LogP contribution in [0.4, 0.5) is 0 Å². The van der Waals surface area contributed by atoms with Crippen LogP contribution in [0.2, 0.25) is 0 Å². The van der Waals surface area contributed by atoms with E-state index >= 15 is 0 Å². The molecule has 0 aromatic rings. The van der Waals surface area contributed by atoms with Gasteiger partial charge in [0, 0.05) is 13.1 Å². The van der Waals surface area contributed by atoms with Crippen molar-refractivity contribution < 1.29 is 14.6 Å². The van der Waals surface area contributed by atoms with E-state index in [0.29, 0.717) is 12.8 Å². The highest BCUT2D eigenvalue weighted by Gasteiger charge is 2.35. The fourth-order valence-corrected chi connectivity index (χ4v) is 1.98. The quantitative estimate of drug-likeness (QED) is 0.575. The standard InChI is InChI=1S/C8H13NO3/c10-8(11)5-1-6-3-9-4-7(2-5)12-6/h5-7,9H,1-4H2,(H,10,11)/t5?,6-,7+. The van der Waals surface area contributed by atoms with Crippen LogP contribution < -0.4 is 5.32 Å². The second kappa shape index (κ2) is 3.03. The van der Waals surface area contributed by atoms with Crippen LogP contribution in [0.15, 0.2) is 0 Å². The molecule has 12 heavy (non-hydrogen) atoms. The van der Waals surface area contributed by atoms with Crippen molar-refractivity contribution in [3.8, 4) is 0 Å². The van der Waals surface area contributed by atoms with E-state index in [1.807, 2.05) is 0 Å². The first-order chi connectivity index (χ1) is 5.75. The second-order valence-electron chi connectivity index (χ2n) is 3.54. The Labute approximate surface area is 70.9 Å². The van der Waals surface area contributed by atoms with Gasteiger partial charge in [0.2, 0.25) is 0 Å². The van der Waals surface area contributed by atoms with Crippen molar-refractivity contribution in [1.82, 2.24) is 5.32 Å². The highest BCUT2D eigenvalue weighted by molar-refractivity contribution is 5.70. The van der Waals surface area contributed by atoms with Gasteiger partial charge in [-0.3, -0.25) is 4.79 Å². The lowest BCUT2D eigenvalue weighted by atomic mass is 9.90. The SMILES string of the molecule is O=C(O)C1C[C@H]2CNC[C@@H](C1)O2. The van der Waals surface area contributed by atoms with Gasteiger partial charge in [0.05, 0.1) is 18.1 Å². The van der Waals surface area contributed by atoms with Crippen molar-refractivity contribution in [2.75, 3.05) is 13.1 Å². The number of carboxylic acids is 1. The zero-order valence-electron chi connectivity index (χ0n) is 6.82.